The van der Waals surface area contributed by atoms with Crippen molar-refractivity contribution in [3.63, 3.8) is 0 Å². The van der Waals surface area contributed by atoms with Crippen molar-refractivity contribution in [1.29, 1.82) is 0 Å². The van der Waals surface area contributed by atoms with Gasteiger partial charge in [0.15, 0.2) is 0 Å². The molecule has 0 heterocycles. The molecule has 1 N–H and O–H groups in total. The van der Waals surface area contributed by atoms with Crippen LogP contribution in [0.2, 0.25) is 0 Å². The van der Waals surface area contributed by atoms with Crippen LogP contribution in [0, 0.1) is 13.8 Å². The summed E-state index contributed by atoms with van der Waals surface area (Å²) < 4.78 is 0. The van der Waals surface area contributed by atoms with Crippen molar-refractivity contribution in [3.05, 3.63) is 13.8 Å². The molecule has 23 heavy (non-hydrogen) atoms. The van der Waals surface area contributed by atoms with Crippen LogP contribution in [0.5, 0.6) is 0 Å². The first-order valence-electron chi connectivity index (χ1n) is 10.1. The number of nitrogens with one attached hydrogen (secondary N) is 1. The first-order chi connectivity index (χ1) is 11.2. The van der Waals surface area contributed by atoms with Gasteiger partial charge in [0.05, 0.1) is 0 Å². The van der Waals surface area contributed by atoms with E-state index in [0.29, 0.717) is 6.42 Å². The van der Waals surface area contributed by atoms with E-state index < -0.39 is 0 Å². The zero-order valence-electron chi connectivity index (χ0n) is 15.7. The van der Waals surface area contributed by atoms with Crippen LogP contribution in [0.25, 0.3) is 0 Å². The molecule has 0 rings (SSSR count). The number of hydrogen-bond acceptors (Lipinski definition) is 1. The maximum absolute atomic E-state index is 11.7. The molecular formula is C21H41NO. The molecule has 0 aromatic rings. The van der Waals surface area contributed by atoms with Crippen molar-refractivity contribution < 1.29 is 4.79 Å². The molecule has 2 nitrogen and oxygen atoms in total. The summed E-state index contributed by atoms with van der Waals surface area (Å²) in [6, 6.07) is 0.0296. The van der Waals surface area contributed by atoms with Gasteiger partial charge in [-0.25, -0.2) is 0 Å². The van der Waals surface area contributed by atoms with E-state index in [4.69, 9.17) is 0 Å². The number of hydrogen-bond donors (Lipinski definition) is 1. The third-order valence-electron chi connectivity index (χ3n) is 4.43. The van der Waals surface area contributed by atoms with Gasteiger partial charge in [0.25, 0.3) is 0 Å². The summed E-state index contributed by atoms with van der Waals surface area (Å²) in [7, 11) is 0. The van der Waals surface area contributed by atoms with Gasteiger partial charge in [-0.3, -0.25) is 4.79 Å². The highest BCUT2D eigenvalue weighted by atomic mass is 16.1. The fraction of sp³-hybridized carbons (Fsp3) is 0.857. The summed E-state index contributed by atoms with van der Waals surface area (Å²) in [6.07, 6.45) is 19.8. The number of unbranched alkanes of at least 4 members (excludes halogenated alkanes) is 12. The standard InChI is InChI=1S/C21H41NO/c1-4-6-7-8-9-10-11-12-13-14-15-16-17-19-21(23)22-20(3)18-5-2/h20H,2-19H2,1H3,(H,22,23). The molecule has 136 valence electrons. The molecule has 1 unspecified atom stereocenters. The molecular weight excluding hydrogens is 282 g/mol. The molecule has 0 bridgehead atoms. The average Bonchev–Trinajstić information content (AvgIpc) is 2.52. The van der Waals surface area contributed by atoms with E-state index in [1.54, 1.807) is 0 Å². The van der Waals surface area contributed by atoms with Gasteiger partial charge in [-0.15, -0.1) is 0 Å². The topological polar surface area (TPSA) is 29.1 Å². The number of rotatable bonds is 17. The van der Waals surface area contributed by atoms with Crippen LogP contribution in [0.4, 0.5) is 0 Å². The number of carbonyl (C=O) groups excluding carboxylic acids is 1. The summed E-state index contributed by atoms with van der Waals surface area (Å²) in [5, 5.41) is 2.93. The average molecular weight is 324 g/mol. The molecule has 0 aliphatic carbocycles. The molecule has 0 aliphatic heterocycles. The zero-order chi connectivity index (χ0) is 17.2. The highest BCUT2D eigenvalue weighted by Crippen LogP contribution is 2.12. The number of carbonyl (C=O) groups is 1. The fourth-order valence-electron chi connectivity index (χ4n) is 2.92. The summed E-state index contributed by atoms with van der Waals surface area (Å²) in [4.78, 5) is 11.7. The maximum Gasteiger partial charge on any atom is 0.220 e. The van der Waals surface area contributed by atoms with Gasteiger partial charge in [0.2, 0.25) is 5.91 Å². The van der Waals surface area contributed by atoms with Crippen molar-refractivity contribution >= 4 is 5.91 Å². The highest BCUT2D eigenvalue weighted by Gasteiger charge is 2.05. The minimum atomic E-state index is 0.0296. The van der Waals surface area contributed by atoms with Crippen LogP contribution in [0.3, 0.4) is 0 Å². The van der Waals surface area contributed by atoms with E-state index in [9.17, 15) is 4.79 Å². The second-order valence-corrected chi connectivity index (χ2v) is 6.90. The van der Waals surface area contributed by atoms with Crippen molar-refractivity contribution in [2.75, 3.05) is 0 Å². The van der Waals surface area contributed by atoms with Gasteiger partial charge in [-0.05, 0) is 19.8 Å². The Labute approximate surface area is 146 Å². The van der Waals surface area contributed by atoms with Crippen LogP contribution < -0.4 is 5.32 Å². The Morgan fingerprint density at radius 3 is 1.70 bits per heavy atom. The SMILES string of the molecule is [CH2]CCC([CH2])NC(=O)CCCCCCCCCCCCCCC. The molecule has 2 radical (unpaired) electrons. The highest BCUT2D eigenvalue weighted by molar-refractivity contribution is 5.76. The van der Waals surface area contributed by atoms with Crippen LogP contribution >= 0.6 is 0 Å². The second kappa shape index (κ2) is 17.8. The largest absolute Gasteiger partial charge is 0.353 e. The van der Waals surface area contributed by atoms with E-state index in [1.807, 2.05) is 0 Å². The van der Waals surface area contributed by atoms with E-state index in [2.05, 4.69) is 26.1 Å². The van der Waals surface area contributed by atoms with Crippen LogP contribution in [-0.4, -0.2) is 11.9 Å². The van der Waals surface area contributed by atoms with Crippen molar-refractivity contribution in [3.8, 4) is 0 Å². The molecule has 0 fully saturated rings. The molecule has 1 amide bonds. The molecule has 1 atom stereocenters. The van der Waals surface area contributed by atoms with Crippen molar-refractivity contribution in [1.82, 2.24) is 5.32 Å². The minimum absolute atomic E-state index is 0.0296. The molecule has 0 saturated heterocycles. The Hall–Kier alpha value is -0.530. The summed E-state index contributed by atoms with van der Waals surface area (Å²) in [6.45, 7) is 9.96. The van der Waals surface area contributed by atoms with Crippen molar-refractivity contribution in [2.24, 2.45) is 0 Å². The van der Waals surface area contributed by atoms with Gasteiger partial charge in [0, 0.05) is 12.5 Å². The Balaban J connectivity index is 3.17. The lowest BCUT2D eigenvalue weighted by molar-refractivity contribution is -0.121. The fourth-order valence-corrected chi connectivity index (χ4v) is 2.92. The summed E-state index contributed by atoms with van der Waals surface area (Å²) in [5.74, 6) is 0.154. The molecule has 2 heteroatoms. The minimum Gasteiger partial charge on any atom is -0.353 e. The van der Waals surface area contributed by atoms with Crippen LogP contribution in [0.1, 0.15) is 110 Å². The van der Waals surface area contributed by atoms with Gasteiger partial charge in [-0.1, -0.05) is 97.3 Å². The molecule has 0 saturated carbocycles. The van der Waals surface area contributed by atoms with E-state index in [-0.39, 0.29) is 11.9 Å². The van der Waals surface area contributed by atoms with Crippen LogP contribution in [0.15, 0.2) is 0 Å². The third-order valence-corrected chi connectivity index (χ3v) is 4.43. The lowest BCUT2D eigenvalue weighted by Crippen LogP contribution is -2.32. The summed E-state index contributed by atoms with van der Waals surface area (Å²) >= 11 is 0. The van der Waals surface area contributed by atoms with E-state index in [0.717, 1.165) is 19.3 Å². The predicted molar refractivity (Wildman–Crippen MR) is 102 cm³/mol. The zero-order valence-corrected chi connectivity index (χ0v) is 15.7. The van der Waals surface area contributed by atoms with Gasteiger partial charge < -0.3 is 5.32 Å². The van der Waals surface area contributed by atoms with Crippen LogP contribution in [-0.2, 0) is 4.79 Å². The smallest absolute Gasteiger partial charge is 0.220 e. The van der Waals surface area contributed by atoms with Gasteiger partial charge >= 0.3 is 0 Å². The second-order valence-electron chi connectivity index (χ2n) is 6.90. The molecule has 0 spiro atoms. The molecule has 0 aromatic carbocycles. The molecule has 0 aliphatic rings. The van der Waals surface area contributed by atoms with Gasteiger partial charge in [-0.2, -0.15) is 0 Å². The maximum atomic E-state index is 11.7. The Bertz CT molecular complexity index is 252. The van der Waals surface area contributed by atoms with E-state index >= 15 is 0 Å². The van der Waals surface area contributed by atoms with E-state index in [1.165, 1.54) is 77.0 Å². The Kier molecular flexibility index (Phi) is 17.4. The normalized spacial score (nSPS) is 12.3. The molecule has 0 aromatic heterocycles. The quantitative estimate of drug-likeness (QED) is 0.308. The predicted octanol–water partition coefficient (Wildman–Crippen LogP) is 6.40. The lowest BCUT2D eigenvalue weighted by atomic mass is 10.0. The lowest BCUT2D eigenvalue weighted by Gasteiger charge is -2.12. The first kappa shape index (κ1) is 22.5. The monoisotopic (exact) mass is 323 g/mol. The van der Waals surface area contributed by atoms with Gasteiger partial charge in [0.1, 0.15) is 0 Å². The number of amides is 1. The Morgan fingerprint density at radius 1 is 0.826 bits per heavy atom. The first-order valence-corrected chi connectivity index (χ1v) is 10.1. The Morgan fingerprint density at radius 2 is 1.26 bits per heavy atom. The summed E-state index contributed by atoms with van der Waals surface area (Å²) in [5.41, 5.74) is 0. The van der Waals surface area contributed by atoms with Crippen molar-refractivity contribution in [2.45, 2.75) is 116 Å². The third kappa shape index (κ3) is 17.7.